The molecule has 0 aliphatic carbocycles. The summed E-state index contributed by atoms with van der Waals surface area (Å²) in [4.78, 5) is 18.8. The lowest BCUT2D eigenvalue weighted by Crippen LogP contribution is -2.42. The fourth-order valence-electron chi connectivity index (χ4n) is 3.56. The van der Waals surface area contributed by atoms with Gasteiger partial charge in [-0.25, -0.2) is 4.98 Å². The number of benzene rings is 1. The average Bonchev–Trinajstić information content (AvgIpc) is 2.92. The summed E-state index contributed by atoms with van der Waals surface area (Å²) in [5.41, 5.74) is 2.30. The maximum atomic E-state index is 11.9. The Hall–Kier alpha value is -1.92. The van der Waals surface area contributed by atoms with Crippen molar-refractivity contribution in [2.24, 2.45) is 5.92 Å². The molecule has 1 saturated heterocycles. The third-order valence-corrected chi connectivity index (χ3v) is 4.99. The number of likely N-dealkylation sites (tertiary alicyclic amines) is 1. The topological polar surface area (TPSA) is 59.4 Å². The summed E-state index contributed by atoms with van der Waals surface area (Å²) in [6.45, 7) is 6.69. The van der Waals surface area contributed by atoms with E-state index in [0.717, 1.165) is 43.8 Å². The second kappa shape index (κ2) is 8.45. The molecule has 25 heavy (non-hydrogen) atoms. The summed E-state index contributed by atoms with van der Waals surface area (Å²) >= 11 is 0. The minimum atomic E-state index is 0.0898. The number of aryl methyl sites for hydroxylation is 1. The molecule has 1 aromatic carbocycles. The number of imidazole rings is 1. The number of ether oxygens (including phenoxy) is 1. The zero-order valence-corrected chi connectivity index (χ0v) is 15.2. The lowest BCUT2D eigenvalue weighted by molar-refractivity contribution is -0.122. The standard InChI is InChI=1S/C19H28N4O2/c1-15-21-17-5-3-4-6-18(17)23(15)13-16-7-10-22(11-8-16)14-19(24)20-9-12-25-2/h3-6,16H,7-14H2,1-2H3,(H,20,24). The molecule has 1 amide bonds. The third kappa shape index (κ3) is 4.58. The Balaban J connectivity index is 1.49. The number of piperidine rings is 1. The molecular formula is C19H28N4O2. The van der Waals surface area contributed by atoms with Crippen LogP contribution in [0.15, 0.2) is 24.3 Å². The molecule has 136 valence electrons. The van der Waals surface area contributed by atoms with Crippen LogP contribution < -0.4 is 5.32 Å². The van der Waals surface area contributed by atoms with Crippen LogP contribution in [0.25, 0.3) is 11.0 Å². The Kier molecular flexibility index (Phi) is 6.04. The minimum Gasteiger partial charge on any atom is -0.383 e. The molecule has 0 spiro atoms. The van der Waals surface area contributed by atoms with Crippen molar-refractivity contribution in [3.8, 4) is 0 Å². The molecule has 1 aliphatic heterocycles. The van der Waals surface area contributed by atoms with Gasteiger partial charge in [0.25, 0.3) is 0 Å². The second-order valence-electron chi connectivity index (χ2n) is 6.82. The third-order valence-electron chi connectivity index (χ3n) is 4.99. The molecule has 2 heterocycles. The normalized spacial score (nSPS) is 16.4. The highest BCUT2D eigenvalue weighted by atomic mass is 16.5. The zero-order chi connectivity index (χ0) is 17.6. The summed E-state index contributed by atoms with van der Waals surface area (Å²) in [5, 5.41) is 2.89. The van der Waals surface area contributed by atoms with Gasteiger partial charge in [-0.2, -0.15) is 0 Å². The molecule has 6 nitrogen and oxygen atoms in total. The van der Waals surface area contributed by atoms with E-state index >= 15 is 0 Å². The highest BCUT2D eigenvalue weighted by Gasteiger charge is 2.22. The monoisotopic (exact) mass is 344 g/mol. The smallest absolute Gasteiger partial charge is 0.234 e. The number of methoxy groups -OCH3 is 1. The molecule has 1 aromatic heterocycles. The van der Waals surface area contributed by atoms with Crippen LogP contribution >= 0.6 is 0 Å². The van der Waals surface area contributed by atoms with E-state index in [2.05, 4.69) is 44.9 Å². The predicted molar refractivity (Wildman–Crippen MR) is 98.5 cm³/mol. The van der Waals surface area contributed by atoms with E-state index in [9.17, 15) is 4.79 Å². The number of nitrogens with one attached hydrogen (secondary N) is 1. The number of nitrogens with zero attached hydrogens (tertiary/aromatic N) is 3. The van der Waals surface area contributed by atoms with Gasteiger partial charge in [0.05, 0.1) is 24.2 Å². The van der Waals surface area contributed by atoms with Crippen molar-refractivity contribution in [1.82, 2.24) is 19.8 Å². The van der Waals surface area contributed by atoms with Crippen molar-refractivity contribution in [1.29, 1.82) is 0 Å². The number of carbonyl (C=O) groups is 1. The number of rotatable bonds is 7. The van der Waals surface area contributed by atoms with Crippen LogP contribution in [0, 0.1) is 12.8 Å². The van der Waals surface area contributed by atoms with Crippen LogP contribution in [-0.2, 0) is 16.1 Å². The van der Waals surface area contributed by atoms with Gasteiger partial charge in [-0.15, -0.1) is 0 Å². The van der Waals surface area contributed by atoms with Crippen molar-refractivity contribution in [3.63, 3.8) is 0 Å². The van der Waals surface area contributed by atoms with Crippen molar-refractivity contribution in [2.45, 2.75) is 26.3 Å². The Morgan fingerprint density at radius 1 is 1.32 bits per heavy atom. The number of amides is 1. The van der Waals surface area contributed by atoms with Crippen molar-refractivity contribution in [2.75, 3.05) is 39.9 Å². The van der Waals surface area contributed by atoms with Crippen molar-refractivity contribution in [3.05, 3.63) is 30.1 Å². The van der Waals surface area contributed by atoms with Crippen LogP contribution in [-0.4, -0.2) is 60.3 Å². The first-order valence-corrected chi connectivity index (χ1v) is 9.07. The summed E-state index contributed by atoms with van der Waals surface area (Å²) in [5.74, 6) is 1.82. The first-order chi connectivity index (χ1) is 12.2. The fourth-order valence-corrected chi connectivity index (χ4v) is 3.56. The molecule has 2 aromatic rings. The van der Waals surface area contributed by atoms with Gasteiger partial charge in [0, 0.05) is 20.2 Å². The zero-order valence-electron chi connectivity index (χ0n) is 15.2. The van der Waals surface area contributed by atoms with Gasteiger partial charge in [-0.05, 0) is 50.9 Å². The Morgan fingerprint density at radius 3 is 2.84 bits per heavy atom. The summed E-state index contributed by atoms with van der Waals surface area (Å²) < 4.78 is 7.29. The molecule has 0 unspecified atom stereocenters. The molecule has 1 aliphatic rings. The van der Waals surface area contributed by atoms with E-state index in [1.165, 1.54) is 5.52 Å². The van der Waals surface area contributed by atoms with Gasteiger partial charge in [0.2, 0.25) is 5.91 Å². The van der Waals surface area contributed by atoms with E-state index in [4.69, 9.17) is 4.74 Å². The Bertz CT molecular complexity index is 705. The van der Waals surface area contributed by atoms with Crippen LogP contribution in [0.5, 0.6) is 0 Å². The Labute approximate surface area is 149 Å². The highest BCUT2D eigenvalue weighted by Crippen LogP contribution is 2.23. The lowest BCUT2D eigenvalue weighted by Gasteiger charge is -2.31. The number of hydrogen-bond donors (Lipinski definition) is 1. The lowest BCUT2D eigenvalue weighted by atomic mass is 9.96. The molecular weight excluding hydrogens is 316 g/mol. The second-order valence-corrected chi connectivity index (χ2v) is 6.82. The van der Waals surface area contributed by atoms with E-state index in [1.807, 2.05) is 6.07 Å². The van der Waals surface area contributed by atoms with Gasteiger partial charge in [0.1, 0.15) is 5.82 Å². The number of fused-ring (bicyclic) bond motifs is 1. The summed E-state index contributed by atoms with van der Waals surface area (Å²) in [7, 11) is 1.64. The summed E-state index contributed by atoms with van der Waals surface area (Å²) in [6, 6.07) is 8.33. The molecule has 0 atom stereocenters. The maximum absolute atomic E-state index is 11.9. The molecule has 6 heteroatoms. The van der Waals surface area contributed by atoms with Crippen LogP contribution in [0.3, 0.4) is 0 Å². The predicted octanol–water partition coefficient (Wildman–Crippen LogP) is 1.82. The molecule has 1 fully saturated rings. The molecule has 0 bridgehead atoms. The molecule has 0 radical (unpaired) electrons. The van der Waals surface area contributed by atoms with E-state index < -0.39 is 0 Å². The van der Waals surface area contributed by atoms with E-state index in [0.29, 0.717) is 25.6 Å². The average molecular weight is 344 g/mol. The molecule has 0 saturated carbocycles. The highest BCUT2D eigenvalue weighted by molar-refractivity contribution is 5.78. The SMILES string of the molecule is COCCNC(=O)CN1CCC(Cn2c(C)nc3ccccc32)CC1. The quantitative estimate of drug-likeness (QED) is 0.779. The Morgan fingerprint density at radius 2 is 2.08 bits per heavy atom. The largest absolute Gasteiger partial charge is 0.383 e. The first kappa shape index (κ1) is 17.9. The van der Waals surface area contributed by atoms with Crippen LogP contribution in [0.1, 0.15) is 18.7 Å². The number of para-hydroxylation sites is 2. The number of hydrogen-bond acceptors (Lipinski definition) is 4. The van der Waals surface area contributed by atoms with Gasteiger partial charge >= 0.3 is 0 Å². The van der Waals surface area contributed by atoms with Crippen molar-refractivity contribution >= 4 is 16.9 Å². The minimum absolute atomic E-state index is 0.0898. The fraction of sp³-hybridized carbons (Fsp3) is 0.579. The van der Waals surface area contributed by atoms with Gasteiger partial charge in [-0.1, -0.05) is 12.1 Å². The molecule has 1 N–H and O–H groups in total. The van der Waals surface area contributed by atoms with Gasteiger partial charge in [0.15, 0.2) is 0 Å². The number of aromatic nitrogens is 2. The molecule has 3 rings (SSSR count). The van der Waals surface area contributed by atoms with Gasteiger partial charge < -0.3 is 14.6 Å². The number of carbonyl (C=O) groups excluding carboxylic acids is 1. The maximum Gasteiger partial charge on any atom is 0.234 e. The first-order valence-electron chi connectivity index (χ1n) is 9.07. The van der Waals surface area contributed by atoms with Crippen LogP contribution in [0.2, 0.25) is 0 Å². The summed E-state index contributed by atoms with van der Waals surface area (Å²) in [6.07, 6.45) is 2.24. The van der Waals surface area contributed by atoms with E-state index in [1.54, 1.807) is 7.11 Å². The van der Waals surface area contributed by atoms with Gasteiger partial charge in [-0.3, -0.25) is 9.69 Å². The van der Waals surface area contributed by atoms with Crippen molar-refractivity contribution < 1.29 is 9.53 Å². The van der Waals surface area contributed by atoms with E-state index in [-0.39, 0.29) is 5.91 Å². The van der Waals surface area contributed by atoms with Crippen LogP contribution in [0.4, 0.5) is 0 Å².